The van der Waals surface area contributed by atoms with Gasteiger partial charge < -0.3 is 14.3 Å². The van der Waals surface area contributed by atoms with Crippen molar-refractivity contribution in [2.75, 3.05) is 12.0 Å². The zero-order valence-corrected chi connectivity index (χ0v) is 18.1. The maximum Gasteiger partial charge on any atom is 0.296 e. The number of benzene rings is 2. The van der Waals surface area contributed by atoms with Crippen LogP contribution in [-0.2, 0) is 4.79 Å². The number of ketones is 1. The summed E-state index contributed by atoms with van der Waals surface area (Å²) in [7, 11) is 1.54. The van der Waals surface area contributed by atoms with Gasteiger partial charge >= 0.3 is 0 Å². The van der Waals surface area contributed by atoms with Crippen LogP contribution in [0.4, 0.5) is 5.13 Å². The third kappa shape index (κ3) is 3.16. The van der Waals surface area contributed by atoms with Crippen molar-refractivity contribution in [3.8, 4) is 5.75 Å². The lowest BCUT2D eigenvalue weighted by Crippen LogP contribution is -2.31. The number of hydrogen-bond acceptors (Lipinski definition) is 7. The summed E-state index contributed by atoms with van der Waals surface area (Å²) in [6.07, 6.45) is 1.37. The van der Waals surface area contributed by atoms with Crippen LogP contribution in [0.5, 0.6) is 5.75 Å². The molecular formula is C24H18N2O5S. The molecule has 1 aliphatic rings. The summed E-state index contributed by atoms with van der Waals surface area (Å²) in [5.74, 6) is -1.27. The maximum atomic E-state index is 13.3. The van der Waals surface area contributed by atoms with Gasteiger partial charge in [-0.15, -0.1) is 0 Å². The number of thiazole rings is 1. The number of aryl methyl sites for hydroxylation is 1. The molecule has 2 aromatic heterocycles. The van der Waals surface area contributed by atoms with E-state index in [2.05, 4.69) is 4.98 Å². The molecule has 1 aliphatic heterocycles. The van der Waals surface area contributed by atoms with Crippen molar-refractivity contribution in [1.29, 1.82) is 0 Å². The number of rotatable bonds is 5. The van der Waals surface area contributed by atoms with E-state index in [4.69, 9.17) is 9.15 Å². The first-order valence-electron chi connectivity index (χ1n) is 9.84. The fourth-order valence-corrected chi connectivity index (χ4v) is 4.92. The fourth-order valence-electron chi connectivity index (χ4n) is 3.82. The first-order valence-corrected chi connectivity index (χ1v) is 10.7. The topological polar surface area (TPSA) is 92.9 Å². The van der Waals surface area contributed by atoms with Crippen molar-refractivity contribution < 1.29 is 23.8 Å². The highest BCUT2D eigenvalue weighted by atomic mass is 32.1. The normalized spacial score (nSPS) is 16.2. The van der Waals surface area contributed by atoms with Gasteiger partial charge in [0.25, 0.3) is 5.91 Å². The second kappa shape index (κ2) is 7.65. The highest BCUT2D eigenvalue weighted by Gasteiger charge is 2.46. The van der Waals surface area contributed by atoms with Gasteiger partial charge in [-0.1, -0.05) is 29.5 Å². The summed E-state index contributed by atoms with van der Waals surface area (Å²) < 4.78 is 11.5. The van der Waals surface area contributed by atoms with Crippen LogP contribution in [0.3, 0.4) is 0 Å². The van der Waals surface area contributed by atoms with Crippen molar-refractivity contribution in [2.24, 2.45) is 0 Å². The third-order valence-electron chi connectivity index (χ3n) is 5.35. The number of hydrogen-bond donors (Lipinski definition) is 1. The number of carbonyl (C=O) groups excluding carboxylic acids is 2. The number of amides is 1. The molecule has 1 N–H and O–H groups in total. The second-order valence-corrected chi connectivity index (χ2v) is 8.40. The number of ether oxygens (including phenoxy) is 1. The molecule has 4 aromatic rings. The summed E-state index contributed by atoms with van der Waals surface area (Å²) in [6, 6.07) is 15.0. The first-order chi connectivity index (χ1) is 15.5. The Labute approximate surface area is 187 Å². The number of carbonyl (C=O) groups is 2. The predicted octanol–water partition coefficient (Wildman–Crippen LogP) is 4.99. The van der Waals surface area contributed by atoms with Gasteiger partial charge in [-0.05, 0) is 54.4 Å². The zero-order chi connectivity index (χ0) is 22.4. The average Bonchev–Trinajstić information content (AvgIpc) is 3.52. The average molecular weight is 446 g/mol. The van der Waals surface area contributed by atoms with E-state index in [1.807, 2.05) is 25.1 Å². The first kappa shape index (κ1) is 20.0. The Hall–Kier alpha value is -3.91. The van der Waals surface area contributed by atoms with Gasteiger partial charge in [0, 0.05) is 0 Å². The Morgan fingerprint density at radius 1 is 1.19 bits per heavy atom. The molecule has 0 fully saturated rings. The molecule has 1 amide bonds. The molecule has 32 heavy (non-hydrogen) atoms. The lowest BCUT2D eigenvalue weighted by Gasteiger charge is -2.24. The van der Waals surface area contributed by atoms with Crippen LogP contribution in [0.25, 0.3) is 10.2 Å². The molecule has 3 heterocycles. The van der Waals surface area contributed by atoms with Gasteiger partial charge in [0.2, 0.25) is 5.78 Å². The van der Waals surface area contributed by atoms with Crippen molar-refractivity contribution in [2.45, 2.75) is 13.0 Å². The van der Waals surface area contributed by atoms with Crippen molar-refractivity contribution >= 4 is 38.4 Å². The van der Waals surface area contributed by atoms with Gasteiger partial charge in [-0.2, -0.15) is 0 Å². The highest BCUT2D eigenvalue weighted by Crippen LogP contribution is 2.44. The number of fused-ring (bicyclic) bond motifs is 1. The minimum atomic E-state index is -0.892. The Kier molecular flexibility index (Phi) is 4.79. The molecule has 0 spiro atoms. The molecule has 0 saturated heterocycles. The van der Waals surface area contributed by atoms with Gasteiger partial charge in [-0.3, -0.25) is 14.5 Å². The molecule has 0 unspecified atom stereocenters. The number of nitrogens with zero attached hydrogens (tertiary/aromatic N) is 2. The number of anilines is 1. The number of methoxy groups -OCH3 is 1. The highest BCUT2D eigenvalue weighted by molar-refractivity contribution is 7.22. The smallest absolute Gasteiger partial charge is 0.296 e. The van der Waals surface area contributed by atoms with Crippen molar-refractivity contribution in [3.05, 3.63) is 89.1 Å². The van der Waals surface area contributed by atoms with Crippen LogP contribution < -0.4 is 9.64 Å². The Morgan fingerprint density at radius 2 is 2.03 bits per heavy atom. The van der Waals surface area contributed by atoms with Gasteiger partial charge in [-0.25, -0.2) is 4.98 Å². The van der Waals surface area contributed by atoms with Crippen LogP contribution in [0.2, 0.25) is 0 Å². The molecule has 0 bridgehead atoms. The SMILES string of the molecule is COc1cccc([C@@H]2C(C(=O)c3ccco3)=C(O)C(=O)N2c2nc3ccc(C)cc3s2)c1. The zero-order valence-electron chi connectivity index (χ0n) is 17.2. The number of aromatic nitrogens is 1. The van der Waals surface area contributed by atoms with Crippen LogP contribution in [0, 0.1) is 6.92 Å². The number of Topliss-reactive ketones (excluding diaryl/α,β-unsaturated/α-hetero) is 1. The van der Waals surface area contributed by atoms with Crippen LogP contribution in [-0.4, -0.2) is 28.9 Å². The van der Waals surface area contributed by atoms with E-state index in [1.165, 1.54) is 35.7 Å². The van der Waals surface area contributed by atoms with E-state index in [1.54, 1.807) is 30.3 Å². The quantitative estimate of drug-likeness (QED) is 0.434. The lowest BCUT2D eigenvalue weighted by molar-refractivity contribution is -0.117. The number of aliphatic hydroxyl groups is 1. The van der Waals surface area contributed by atoms with Crippen molar-refractivity contribution in [3.63, 3.8) is 0 Å². The van der Waals surface area contributed by atoms with E-state index < -0.39 is 23.5 Å². The lowest BCUT2D eigenvalue weighted by atomic mass is 9.95. The third-order valence-corrected chi connectivity index (χ3v) is 6.36. The molecule has 7 nitrogen and oxygen atoms in total. The van der Waals surface area contributed by atoms with E-state index in [0.29, 0.717) is 16.4 Å². The molecule has 1 atom stereocenters. The Balaban J connectivity index is 1.69. The molecule has 5 rings (SSSR count). The standard InChI is InChI=1S/C24H18N2O5S/c1-13-8-9-16-18(11-13)32-24(25-16)26-20(14-5-3-6-15(12-14)30-2)19(22(28)23(26)29)21(27)17-7-4-10-31-17/h3-12,20,28H,1-2H3/t20-/m1/s1. The number of furan rings is 1. The fraction of sp³-hybridized carbons (Fsp3) is 0.125. The molecule has 160 valence electrons. The van der Waals surface area contributed by atoms with E-state index >= 15 is 0 Å². The summed E-state index contributed by atoms with van der Waals surface area (Å²) in [5, 5.41) is 11.2. The van der Waals surface area contributed by atoms with Crippen LogP contribution in [0.15, 0.2) is 76.6 Å². The molecular weight excluding hydrogens is 428 g/mol. The van der Waals surface area contributed by atoms with Gasteiger partial charge in [0.05, 0.1) is 35.2 Å². The van der Waals surface area contributed by atoms with Gasteiger partial charge in [0.1, 0.15) is 5.75 Å². The molecule has 2 aromatic carbocycles. The summed E-state index contributed by atoms with van der Waals surface area (Å²) in [6.45, 7) is 1.98. The van der Waals surface area contributed by atoms with Crippen LogP contribution in [0.1, 0.15) is 27.7 Å². The molecule has 0 aliphatic carbocycles. The number of aliphatic hydroxyl groups excluding tert-OH is 1. The monoisotopic (exact) mass is 446 g/mol. The minimum absolute atomic E-state index is 0.0361. The largest absolute Gasteiger partial charge is 0.503 e. The van der Waals surface area contributed by atoms with Crippen LogP contribution >= 0.6 is 11.3 Å². The second-order valence-electron chi connectivity index (χ2n) is 7.39. The van der Waals surface area contributed by atoms with Gasteiger partial charge in [0.15, 0.2) is 16.7 Å². The summed E-state index contributed by atoms with van der Waals surface area (Å²) in [5.41, 5.74) is 2.35. The predicted molar refractivity (Wildman–Crippen MR) is 120 cm³/mol. The van der Waals surface area contributed by atoms with E-state index in [9.17, 15) is 14.7 Å². The van der Waals surface area contributed by atoms with E-state index in [-0.39, 0.29) is 11.3 Å². The Morgan fingerprint density at radius 3 is 2.78 bits per heavy atom. The molecule has 0 saturated carbocycles. The molecule has 0 radical (unpaired) electrons. The Bertz CT molecular complexity index is 1390. The summed E-state index contributed by atoms with van der Waals surface area (Å²) in [4.78, 5) is 32.5. The minimum Gasteiger partial charge on any atom is -0.503 e. The van der Waals surface area contributed by atoms with Crippen molar-refractivity contribution in [1.82, 2.24) is 4.98 Å². The van der Waals surface area contributed by atoms with E-state index in [0.717, 1.165) is 15.8 Å². The summed E-state index contributed by atoms with van der Waals surface area (Å²) >= 11 is 1.32. The molecule has 8 heteroatoms. The maximum absolute atomic E-state index is 13.3.